The number of alkyl halides is 12. The summed E-state index contributed by atoms with van der Waals surface area (Å²) in [5.41, 5.74) is 0. The molecule has 0 aliphatic rings. The second kappa shape index (κ2) is 6.14. The van der Waals surface area contributed by atoms with Gasteiger partial charge in [-0.1, -0.05) is 0 Å². The molecule has 0 aromatic carbocycles. The van der Waals surface area contributed by atoms with E-state index in [0.717, 1.165) is 0 Å². The maximum Gasteiger partial charge on any atom is 0.508 e. The molecule has 0 bridgehead atoms. The summed E-state index contributed by atoms with van der Waals surface area (Å²) in [4.78, 5) is 10.4. The molecule has 0 radical (unpaired) electrons. The zero-order valence-corrected chi connectivity index (χ0v) is 10.2. The summed E-state index contributed by atoms with van der Waals surface area (Å²) in [5.74, 6) is -18.3. The fourth-order valence-corrected chi connectivity index (χ4v) is 0.721. The van der Waals surface area contributed by atoms with Crippen LogP contribution in [0.1, 0.15) is 0 Å². The van der Waals surface area contributed by atoms with Crippen LogP contribution in [0.4, 0.5) is 57.5 Å². The Labute approximate surface area is 118 Å². The lowest BCUT2D eigenvalue weighted by molar-refractivity contribution is -0.359. The fraction of sp³-hybridized carbons (Fsp3) is 0.875. The summed E-state index contributed by atoms with van der Waals surface area (Å²) < 4.78 is 150. The number of carbonyl (C=O) groups is 1. The first-order chi connectivity index (χ1) is 9.85. The lowest BCUT2D eigenvalue weighted by Gasteiger charge is -2.27. The van der Waals surface area contributed by atoms with Crippen LogP contribution in [0.5, 0.6) is 0 Å². The van der Waals surface area contributed by atoms with Crippen molar-refractivity contribution in [3.8, 4) is 0 Å². The molecular formula is C8H4F12O3. The Bertz CT molecular complexity index is 423. The van der Waals surface area contributed by atoms with Gasteiger partial charge in [-0.05, 0) is 0 Å². The maximum absolute atomic E-state index is 12.6. The molecule has 0 unspecified atom stereocenters. The Hall–Kier alpha value is -1.57. The molecule has 15 heteroatoms. The molecule has 0 N–H and O–H groups in total. The zero-order valence-electron chi connectivity index (χ0n) is 10.2. The average molecular weight is 376 g/mol. The van der Waals surface area contributed by atoms with Gasteiger partial charge in [0.1, 0.15) is 0 Å². The van der Waals surface area contributed by atoms with Gasteiger partial charge in [-0.15, -0.1) is 0 Å². The smallest absolute Gasteiger partial charge is 0.428 e. The van der Waals surface area contributed by atoms with Crippen LogP contribution < -0.4 is 0 Å². The van der Waals surface area contributed by atoms with Gasteiger partial charge < -0.3 is 9.47 Å². The van der Waals surface area contributed by atoms with Crippen molar-refractivity contribution in [2.45, 2.75) is 30.1 Å². The lowest BCUT2D eigenvalue weighted by Crippen LogP contribution is -2.54. The largest absolute Gasteiger partial charge is 0.508 e. The number of hydrogen-bond acceptors (Lipinski definition) is 3. The van der Waals surface area contributed by atoms with Gasteiger partial charge in [-0.3, -0.25) is 0 Å². The molecule has 0 amide bonds. The van der Waals surface area contributed by atoms with Crippen molar-refractivity contribution >= 4 is 6.16 Å². The second-order valence-corrected chi connectivity index (χ2v) is 3.81. The van der Waals surface area contributed by atoms with E-state index in [0.29, 0.717) is 0 Å². The molecule has 0 saturated heterocycles. The summed E-state index contributed by atoms with van der Waals surface area (Å²) in [5, 5.41) is 0. The van der Waals surface area contributed by atoms with Crippen molar-refractivity contribution in [3.05, 3.63) is 0 Å². The average Bonchev–Trinajstić information content (AvgIpc) is 2.31. The van der Waals surface area contributed by atoms with Gasteiger partial charge in [-0.25, -0.2) is 4.79 Å². The van der Waals surface area contributed by atoms with Crippen LogP contribution in [0.25, 0.3) is 0 Å². The first kappa shape index (κ1) is 21.4. The van der Waals surface area contributed by atoms with Crippen molar-refractivity contribution < 1.29 is 67.0 Å². The minimum atomic E-state index is -6.74. The van der Waals surface area contributed by atoms with Crippen molar-refractivity contribution in [1.82, 2.24) is 0 Å². The Morgan fingerprint density at radius 3 is 1.26 bits per heavy atom. The van der Waals surface area contributed by atoms with E-state index < -0.39 is 49.5 Å². The van der Waals surface area contributed by atoms with Crippen LogP contribution in [0.3, 0.4) is 0 Å². The molecule has 0 rings (SSSR count). The number of carbonyl (C=O) groups excluding carboxylic acids is 1. The Kier molecular flexibility index (Phi) is 5.72. The third kappa shape index (κ3) is 4.95. The van der Waals surface area contributed by atoms with Crippen LogP contribution in [0, 0.1) is 0 Å². The number of rotatable bonds is 5. The highest BCUT2D eigenvalue weighted by Crippen LogP contribution is 2.46. The topological polar surface area (TPSA) is 35.5 Å². The molecule has 0 heterocycles. The molecule has 0 aromatic rings. The predicted octanol–water partition coefficient (Wildman–Crippen LogP) is 4.17. The van der Waals surface area contributed by atoms with Crippen LogP contribution in [0.15, 0.2) is 0 Å². The Morgan fingerprint density at radius 2 is 0.957 bits per heavy atom. The van der Waals surface area contributed by atoms with Crippen LogP contribution in [0.2, 0.25) is 0 Å². The highest BCUT2D eigenvalue weighted by atomic mass is 19.4. The number of hydrogen-bond donors (Lipinski definition) is 0. The Balaban J connectivity index is 4.67. The van der Waals surface area contributed by atoms with E-state index in [1.54, 1.807) is 0 Å². The monoisotopic (exact) mass is 376 g/mol. The standard InChI is InChI=1S/C8H4F12O3/c9-4(10,6(13,14)8(18,19)20)1-22-3(21)23-2-5(11,12)7(15,16)17/h1-2H2. The maximum atomic E-state index is 12.6. The minimum absolute atomic E-state index is 2.73. The molecule has 0 aromatic heterocycles. The van der Waals surface area contributed by atoms with Crippen molar-refractivity contribution in [2.75, 3.05) is 13.2 Å². The van der Waals surface area contributed by atoms with E-state index in [4.69, 9.17) is 0 Å². The molecular weight excluding hydrogens is 372 g/mol. The highest BCUT2D eigenvalue weighted by molar-refractivity contribution is 5.60. The van der Waals surface area contributed by atoms with E-state index >= 15 is 0 Å². The van der Waals surface area contributed by atoms with Gasteiger partial charge in [-0.2, -0.15) is 52.7 Å². The van der Waals surface area contributed by atoms with Crippen LogP contribution in [-0.2, 0) is 9.47 Å². The third-order valence-electron chi connectivity index (χ3n) is 1.97. The van der Waals surface area contributed by atoms with Gasteiger partial charge in [0.15, 0.2) is 13.2 Å². The quantitative estimate of drug-likeness (QED) is 0.534. The van der Waals surface area contributed by atoms with Crippen LogP contribution >= 0.6 is 0 Å². The normalized spacial score (nSPS) is 14.6. The first-order valence-electron chi connectivity index (χ1n) is 4.91. The molecule has 0 aliphatic carbocycles. The SMILES string of the molecule is O=C(OCC(F)(F)C(F)(F)F)OCC(F)(F)C(F)(F)C(F)(F)F. The number of ether oxygens (including phenoxy) is 2. The van der Waals surface area contributed by atoms with Gasteiger partial charge in [0, 0.05) is 0 Å². The minimum Gasteiger partial charge on any atom is -0.428 e. The summed E-state index contributed by atoms with van der Waals surface area (Å²) in [7, 11) is 0. The van der Waals surface area contributed by atoms with Gasteiger partial charge in [0.25, 0.3) is 0 Å². The highest BCUT2D eigenvalue weighted by Gasteiger charge is 2.73. The summed E-state index contributed by atoms with van der Waals surface area (Å²) in [6.07, 6.45) is -15.7. The van der Waals surface area contributed by atoms with E-state index in [1.807, 2.05) is 0 Å². The Morgan fingerprint density at radius 1 is 0.609 bits per heavy atom. The van der Waals surface area contributed by atoms with E-state index in [1.165, 1.54) is 0 Å². The molecule has 0 saturated carbocycles. The second-order valence-electron chi connectivity index (χ2n) is 3.81. The van der Waals surface area contributed by atoms with Crippen LogP contribution in [-0.4, -0.2) is 49.5 Å². The summed E-state index contributed by atoms with van der Waals surface area (Å²) in [6, 6.07) is 0. The third-order valence-corrected chi connectivity index (χ3v) is 1.97. The fourth-order valence-electron chi connectivity index (χ4n) is 0.721. The molecule has 3 nitrogen and oxygen atoms in total. The zero-order chi connectivity index (χ0) is 18.9. The molecule has 0 fully saturated rings. The van der Waals surface area contributed by atoms with Gasteiger partial charge in [0.2, 0.25) is 0 Å². The molecule has 138 valence electrons. The molecule has 0 spiro atoms. The van der Waals surface area contributed by atoms with Crippen molar-refractivity contribution in [2.24, 2.45) is 0 Å². The molecule has 23 heavy (non-hydrogen) atoms. The van der Waals surface area contributed by atoms with E-state index in [-0.39, 0.29) is 0 Å². The number of halogens is 12. The van der Waals surface area contributed by atoms with Crippen molar-refractivity contribution in [1.29, 1.82) is 0 Å². The van der Waals surface area contributed by atoms with E-state index in [2.05, 4.69) is 9.47 Å². The van der Waals surface area contributed by atoms with E-state index in [9.17, 15) is 57.5 Å². The molecule has 0 aliphatic heterocycles. The van der Waals surface area contributed by atoms with Gasteiger partial charge >= 0.3 is 36.3 Å². The lowest BCUT2D eigenvalue weighted by atomic mass is 10.2. The summed E-state index contributed by atoms with van der Waals surface area (Å²) >= 11 is 0. The van der Waals surface area contributed by atoms with Crippen molar-refractivity contribution in [3.63, 3.8) is 0 Å². The predicted molar refractivity (Wildman–Crippen MR) is 44.3 cm³/mol. The molecule has 0 atom stereocenters. The van der Waals surface area contributed by atoms with Gasteiger partial charge in [0.05, 0.1) is 0 Å². The summed E-state index contributed by atoms with van der Waals surface area (Å²) in [6.45, 7) is -5.73. The first-order valence-corrected chi connectivity index (χ1v) is 4.91.